The van der Waals surface area contributed by atoms with E-state index in [2.05, 4.69) is 68.6 Å². The molecule has 0 radical (unpaired) electrons. The van der Waals surface area contributed by atoms with E-state index >= 15 is 0 Å². The Bertz CT molecular complexity index is 550. The Morgan fingerprint density at radius 2 is 1.71 bits per heavy atom. The third-order valence-corrected chi connectivity index (χ3v) is 3.34. The van der Waals surface area contributed by atoms with Gasteiger partial charge in [0.25, 0.3) is 0 Å². The van der Waals surface area contributed by atoms with E-state index in [4.69, 9.17) is 0 Å². The lowest BCUT2D eigenvalue weighted by molar-refractivity contribution is 1.38. The Morgan fingerprint density at radius 1 is 1.06 bits per heavy atom. The standard InChI is InChI=1S/C16H16S/c1-11(2)14-5-4-6-15(16(14)17)13-9-7-12(3)8-10-13/h4-10,17H,1H2,2-3H3. The average molecular weight is 240 g/mol. The van der Waals surface area contributed by atoms with Crippen LogP contribution < -0.4 is 0 Å². The normalized spacial score (nSPS) is 10.3. The summed E-state index contributed by atoms with van der Waals surface area (Å²) >= 11 is 4.63. The average Bonchev–Trinajstić information content (AvgIpc) is 2.30. The molecule has 2 aromatic rings. The first kappa shape index (κ1) is 12.0. The summed E-state index contributed by atoms with van der Waals surface area (Å²) in [5.74, 6) is 0. The molecule has 0 nitrogen and oxygen atoms in total. The molecule has 0 N–H and O–H groups in total. The van der Waals surface area contributed by atoms with Crippen molar-refractivity contribution in [2.75, 3.05) is 0 Å². The molecule has 0 saturated carbocycles. The van der Waals surface area contributed by atoms with Gasteiger partial charge in [-0.3, -0.25) is 0 Å². The molecule has 0 aliphatic rings. The molecule has 0 saturated heterocycles. The minimum Gasteiger partial charge on any atom is -0.142 e. The van der Waals surface area contributed by atoms with Crippen LogP contribution in [0.15, 0.2) is 53.9 Å². The summed E-state index contributed by atoms with van der Waals surface area (Å²) in [4.78, 5) is 1.00. The molecule has 0 spiro atoms. The summed E-state index contributed by atoms with van der Waals surface area (Å²) in [6.45, 7) is 8.09. The first-order valence-corrected chi connectivity index (χ1v) is 6.09. The third kappa shape index (κ3) is 2.45. The SMILES string of the molecule is C=C(C)c1cccc(-c2ccc(C)cc2)c1S. The molecule has 0 heterocycles. The lowest BCUT2D eigenvalue weighted by Gasteiger charge is -2.10. The highest BCUT2D eigenvalue weighted by Crippen LogP contribution is 2.32. The fourth-order valence-corrected chi connectivity index (χ4v) is 2.32. The second-order valence-corrected chi connectivity index (χ2v) is 4.80. The fourth-order valence-electron chi connectivity index (χ4n) is 1.85. The maximum absolute atomic E-state index is 4.63. The van der Waals surface area contributed by atoms with Crippen molar-refractivity contribution in [3.05, 3.63) is 60.2 Å². The molecule has 17 heavy (non-hydrogen) atoms. The molecule has 86 valence electrons. The number of allylic oxidation sites excluding steroid dienone is 1. The van der Waals surface area contributed by atoms with Crippen LogP contribution in [0.2, 0.25) is 0 Å². The Labute approximate surface area is 108 Å². The molecular weight excluding hydrogens is 224 g/mol. The van der Waals surface area contributed by atoms with Crippen LogP contribution >= 0.6 is 12.6 Å². The van der Waals surface area contributed by atoms with Crippen molar-refractivity contribution < 1.29 is 0 Å². The van der Waals surface area contributed by atoms with Crippen LogP contribution in [-0.4, -0.2) is 0 Å². The Morgan fingerprint density at radius 3 is 2.29 bits per heavy atom. The van der Waals surface area contributed by atoms with E-state index in [-0.39, 0.29) is 0 Å². The van der Waals surface area contributed by atoms with Gasteiger partial charge in [-0.2, -0.15) is 0 Å². The van der Waals surface area contributed by atoms with Gasteiger partial charge in [-0.25, -0.2) is 0 Å². The zero-order chi connectivity index (χ0) is 12.4. The zero-order valence-corrected chi connectivity index (χ0v) is 11.1. The summed E-state index contributed by atoms with van der Waals surface area (Å²) in [5, 5.41) is 0. The molecule has 0 amide bonds. The molecule has 0 aliphatic heterocycles. The van der Waals surface area contributed by atoms with Gasteiger partial charge in [-0.05, 0) is 36.1 Å². The molecule has 2 aromatic carbocycles. The van der Waals surface area contributed by atoms with Crippen molar-refractivity contribution in [3.8, 4) is 11.1 Å². The molecule has 0 atom stereocenters. The quantitative estimate of drug-likeness (QED) is 0.703. The largest absolute Gasteiger partial charge is 0.142 e. The Balaban J connectivity index is 2.56. The monoisotopic (exact) mass is 240 g/mol. The summed E-state index contributed by atoms with van der Waals surface area (Å²) in [6, 6.07) is 14.7. The van der Waals surface area contributed by atoms with E-state index in [9.17, 15) is 0 Å². The van der Waals surface area contributed by atoms with E-state index in [1.165, 1.54) is 11.1 Å². The molecular formula is C16H16S. The van der Waals surface area contributed by atoms with Gasteiger partial charge in [0.2, 0.25) is 0 Å². The first-order chi connectivity index (χ1) is 8.09. The minimum atomic E-state index is 1.00. The predicted octanol–water partition coefficient (Wildman–Crippen LogP) is 4.98. The van der Waals surface area contributed by atoms with Gasteiger partial charge in [-0.15, -0.1) is 12.6 Å². The maximum atomic E-state index is 4.63. The smallest absolute Gasteiger partial charge is 0.0194 e. The molecule has 2 rings (SSSR count). The van der Waals surface area contributed by atoms with Crippen LogP contribution in [0.1, 0.15) is 18.1 Å². The van der Waals surface area contributed by atoms with Crippen molar-refractivity contribution in [1.29, 1.82) is 0 Å². The number of aryl methyl sites for hydroxylation is 1. The number of thiol groups is 1. The molecule has 0 bridgehead atoms. The Kier molecular flexibility index (Phi) is 3.39. The highest BCUT2D eigenvalue weighted by molar-refractivity contribution is 7.80. The molecule has 0 aromatic heterocycles. The van der Waals surface area contributed by atoms with Gasteiger partial charge in [0.05, 0.1) is 0 Å². The topological polar surface area (TPSA) is 0 Å². The van der Waals surface area contributed by atoms with Gasteiger partial charge in [0.1, 0.15) is 0 Å². The van der Waals surface area contributed by atoms with Crippen molar-refractivity contribution in [2.24, 2.45) is 0 Å². The van der Waals surface area contributed by atoms with Gasteiger partial charge in [0, 0.05) is 4.90 Å². The minimum absolute atomic E-state index is 1.00. The van der Waals surface area contributed by atoms with E-state index in [0.717, 1.165) is 21.6 Å². The summed E-state index contributed by atoms with van der Waals surface area (Å²) < 4.78 is 0. The summed E-state index contributed by atoms with van der Waals surface area (Å²) in [7, 11) is 0. The predicted molar refractivity (Wildman–Crippen MR) is 78.6 cm³/mol. The van der Waals surface area contributed by atoms with Gasteiger partial charge >= 0.3 is 0 Å². The van der Waals surface area contributed by atoms with Crippen LogP contribution in [-0.2, 0) is 0 Å². The van der Waals surface area contributed by atoms with Gasteiger partial charge < -0.3 is 0 Å². The van der Waals surface area contributed by atoms with Crippen molar-refractivity contribution in [1.82, 2.24) is 0 Å². The van der Waals surface area contributed by atoms with Crippen molar-refractivity contribution >= 4 is 18.2 Å². The van der Waals surface area contributed by atoms with Crippen LogP contribution in [0.3, 0.4) is 0 Å². The van der Waals surface area contributed by atoms with E-state index in [0.29, 0.717) is 0 Å². The number of hydrogen-bond donors (Lipinski definition) is 1. The highest BCUT2D eigenvalue weighted by Gasteiger charge is 2.06. The number of benzene rings is 2. The van der Waals surface area contributed by atoms with Crippen LogP contribution in [0, 0.1) is 6.92 Å². The number of hydrogen-bond acceptors (Lipinski definition) is 1. The maximum Gasteiger partial charge on any atom is 0.0194 e. The van der Waals surface area contributed by atoms with E-state index in [1.54, 1.807) is 0 Å². The summed E-state index contributed by atoms with van der Waals surface area (Å²) in [6.07, 6.45) is 0. The molecule has 0 aliphatic carbocycles. The van der Waals surface area contributed by atoms with E-state index in [1.807, 2.05) is 6.92 Å². The summed E-state index contributed by atoms with van der Waals surface area (Å²) in [5.41, 5.74) is 5.79. The third-order valence-electron chi connectivity index (χ3n) is 2.86. The van der Waals surface area contributed by atoms with Gasteiger partial charge in [-0.1, -0.05) is 54.6 Å². The molecule has 0 fully saturated rings. The zero-order valence-electron chi connectivity index (χ0n) is 10.2. The number of rotatable bonds is 2. The fraction of sp³-hybridized carbons (Fsp3) is 0.125. The van der Waals surface area contributed by atoms with Crippen molar-refractivity contribution in [2.45, 2.75) is 18.7 Å². The van der Waals surface area contributed by atoms with Crippen molar-refractivity contribution in [3.63, 3.8) is 0 Å². The second kappa shape index (κ2) is 4.80. The lowest BCUT2D eigenvalue weighted by Crippen LogP contribution is -1.86. The van der Waals surface area contributed by atoms with Crippen LogP contribution in [0.4, 0.5) is 0 Å². The van der Waals surface area contributed by atoms with Gasteiger partial charge in [0.15, 0.2) is 0 Å². The lowest BCUT2D eigenvalue weighted by atomic mass is 9.99. The molecule has 0 unspecified atom stereocenters. The van der Waals surface area contributed by atoms with Crippen LogP contribution in [0.5, 0.6) is 0 Å². The van der Waals surface area contributed by atoms with Crippen LogP contribution in [0.25, 0.3) is 16.7 Å². The second-order valence-electron chi connectivity index (χ2n) is 4.35. The van der Waals surface area contributed by atoms with E-state index < -0.39 is 0 Å². The Hall–Kier alpha value is -1.47. The first-order valence-electron chi connectivity index (χ1n) is 5.64. The molecule has 1 heteroatoms. The highest BCUT2D eigenvalue weighted by atomic mass is 32.1.